The van der Waals surface area contributed by atoms with Crippen molar-refractivity contribution in [2.75, 3.05) is 7.05 Å². The first-order valence-electron chi connectivity index (χ1n) is 7.83. The number of fused-ring (bicyclic) bond motifs is 1. The molecule has 0 aliphatic heterocycles. The van der Waals surface area contributed by atoms with Crippen LogP contribution in [-0.4, -0.2) is 16.8 Å². The van der Waals surface area contributed by atoms with E-state index in [1.54, 1.807) is 0 Å². The summed E-state index contributed by atoms with van der Waals surface area (Å²) in [5, 5.41) is 8.34. The molecule has 1 aromatic carbocycles. The molecule has 3 heteroatoms. The van der Waals surface area contributed by atoms with Crippen LogP contribution in [-0.2, 0) is 0 Å². The Labute approximate surface area is 127 Å². The van der Waals surface area contributed by atoms with Gasteiger partial charge in [0.25, 0.3) is 0 Å². The van der Waals surface area contributed by atoms with Crippen LogP contribution in [0.1, 0.15) is 59.4 Å². The first kappa shape index (κ1) is 14.3. The average Bonchev–Trinajstić information content (AvgIpc) is 2.75. The maximum atomic E-state index is 4.82. The molecule has 1 N–H and O–H groups in total. The molecule has 21 heavy (non-hydrogen) atoms. The smallest absolute Gasteiger partial charge is 0.0722 e. The van der Waals surface area contributed by atoms with Gasteiger partial charge in [0, 0.05) is 5.69 Å². The molecule has 1 aliphatic rings. The lowest BCUT2D eigenvalue weighted by atomic mass is 9.78. The van der Waals surface area contributed by atoms with Crippen molar-refractivity contribution < 1.29 is 0 Å². The molecule has 1 heterocycles. The van der Waals surface area contributed by atoms with Crippen LogP contribution >= 0.6 is 0 Å². The molecule has 0 radical (unpaired) electrons. The van der Waals surface area contributed by atoms with Crippen molar-refractivity contribution in [2.24, 2.45) is 0 Å². The number of likely N-dealkylation sites (N-methyl/N-ethyl adjacent to an activating group) is 1. The molecule has 0 amide bonds. The quantitative estimate of drug-likeness (QED) is 0.908. The van der Waals surface area contributed by atoms with Crippen molar-refractivity contribution in [3.8, 4) is 0 Å². The van der Waals surface area contributed by atoms with Gasteiger partial charge >= 0.3 is 0 Å². The molecule has 0 saturated heterocycles. The van der Waals surface area contributed by atoms with Crippen LogP contribution in [0.3, 0.4) is 0 Å². The number of aromatic nitrogens is 2. The summed E-state index contributed by atoms with van der Waals surface area (Å²) < 4.78 is 2.25. The van der Waals surface area contributed by atoms with Crippen molar-refractivity contribution >= 4 is 0 Å². The van der Waals surface area contributed by atoms with Gasteiger partial charge < -0.3 is 5.32 Å². The van der Waals surface area contributed by atoms with E-state index in [2.05, 4.69) is 69.0 Å². The van der Waals surface area contributed by atoms with Crippen molar-refractivity contribution in [2.45, 2.75) is 52.1 Å². The second-order valence-electron chi connectivity index (χ2n) is 6.34. The van der Waals surface area contributed by atoms with Gasteiger partial charge in [0.2, 0.25) is 0 Å². The minimum absolute atomic E-state index is 0.329. The highest BCUT2D eigenvalue weighted by Crippen LogP contribution is 2.43. The summed E-state index contributed by atoms with van der Waals surface area (Å²) in [6, 6.07) is 9.53. The number of nitrogens with zero attached hydrogens (tertiary/aromatic N) is 2. The molecule has 0 saturated carbocycles. The summed E-state index contributed by atoms with van der Waals surface area (Å²) in [7, 11) is 2.06. The molecule has 112 valence electrons. The zero-order valence-electron chi connectivity index (χ0n) is 13.6. The van der Waals surface area contributed by atoms with Crippen LogP contribution in [0.5, 0.6) is 0 Å². The van der Waals surface area contributed by atoms with E-state index in [0.717, 1.165) is 12.1 Å². The fourth-order valence-electron chi connectivity index (χ4n) is 3.73. The minimum Gasteiger partial charge on any atom is -0.311 e. The highest BCUT2D eigenvalue weighted by atomic mass is 15.3. The van der Waals surface area contributed by atoms with Crippen LogP contribution in [0, 0.1) is 20.8 Å². The van der Waals surface area contributed by atoms with Gasteiger partial charge in [0.05, 0.1) is 17.8 Å². The zero-order chi connectivity index (χ0) is 15.1. The SMILES string of the molecule is CNC1c2ccccc2C(C)CC1n1nc(C)c(C)c1C. The molecule has 1 aliphatic carbocycles. The maximum absolute atomic E-state index is 4.82. The molecule has 0 spiro atoms. The van der Waals surface area contributed by atoms with Gasteiger partial charge in [-0.2, -0.15) is 5.10 Å². The van der Waals surface area contributed by atoms with E-state index in [-0.39, 0.29) is 0 Å². The van der Waals surface area contributed by atoms with Crippen molar-refractivity contribution in [1.29, 1.82) is 0 Å². The zero-order valence-corrected chi connectivity index (χ0v) is 13.6. The number of benzene rings is 1. The number of nitrogens with one attached hydrogen (secondary N) is 1. The number of hydrogen-bond donors (Lipinski definition) is 1. The van der Waals surface area contributed by atoms with E-state index in [1.165, 1.54) is 22.4 Å². The van der Waals surface area contributed by atoms with E-state index in [9.17, 15) is 0 Å². The van der Waals surface area contributed by atoms with Crippen LogP contribution in [0.4, 0.5) is 0 Å². The van der Waals surface area contributed by atoms with Gasteiger partial charge in [-0.1, -0.05) is 31.2 Å². The highest BCUT2D eigenvalue weighted by molar-refractivity contribution is 5.37. The first-order chi connectivity index (χ1) is 10.0. The molecule has 3 nitrogen and oxygen atoms in total. The summed E-state index contributed by atoms with van der Waals surface area (Å²) in [6.45, 7) is 8.79. The molecule has 1 aromatic heterocycles. The molecule has 0 bridgehead atoms. The Bertz CT molecular complexity index is 656. The number of aryl methyl sites for hydroxylation is 1. The van der Waals surface area contributed by atoms with Crippen LogP contribution < -0.4 is 5.32 Å². The van der Waals surface area contributed by atoms with E-state index in [0.29, 0.717) is 18.0 Å². The predicted molar refractivity (Wildman–Crippen MR) is 86.7 cm³/mol. The van der Waals surface area contributed by atoms with E-state index < -0.39 is 0 Å². The summed E-state index contributed by atoms with van der Waals surface area (Å²) in [6.07, 6.45) is 1.13. The fourth-order valence-corrected chi connectivity index (χ4v) is 3.73. The second-order valence-corrected chi connectivity index (χ2v) is 6.34. The van der Waals surface area contributed by atoms with E-state index in [1.807, 2.05) is 0 Å². The Hall–Kier alpha value is -1.61. The lowest BCUT2D eigenvalue weighted by molar-refractivity contribution is 0.284. The average molecular weight is 283 g/mol. The summed E-state index contributed by atoms with van der Waals surface area (Å²) in [4.78, 5) is 0. The number of hydrogen-bond acceptors (Lipinski definition) is 2. The Kier molecular flexibility index (Phi) is 3.62. The Morgan fingerprint density at radius 2 is 1.81 bits per heavy atom. The molecule has 3 unspecified atom stereocenters. The molecule has 3 rings (SSSR count). The van der Waals surface area contributed by atoms with Gasteiger partial charge in [0.15, 0.2) is 0 Å². The normalized spacial score (nSPS) is 24.9. The van der Waals surface area contributed by atoms with E-state index >= 15 is 0 Å². The molecule has 2 aromatic rings. The summed E-state index contributed by atoms with van der Waals surface area (Å²) in [5.41, 5.74) is 6.66. The van der Waals surface area contributed by atoms with Gasteiger partial charge in [-0.25, -0.2) is 0 Å². The minimum atomic E-state index is 0.329. The van der Waals surface area contributed by atoms with E-state index in [4.69, 9.17) is 5.10 Å². The third-order valence-electron chi connectivity index (χ3n) is 5.15. The van der Waals surface area contributed by atoms with Crippen molar-refractivity contribution in [3.63, 3.8) is 0 Å². The Morgan fingerprint density at radius 3 is 2.38 bits per heavy atom. The van der Waals surface area contributed by atoms with Crippen LogP contribution in [0.15, 0.2) is 24.3 Å². The lowest BCUT2D eigenvalue weighted by Gasteiger charge is -2.37. The summed E-state index contributed by atoms with van der Waals surface area (Å²) >= 11 is 0. The highest BCUT2D eigenvalue weighted by Gasteiger charge is 2.34. The molecular weight excluding hydrogens is 258 g/mol. The third kappa shape index (κ3) is 2.20. The maximum Gasteiger partial charge on any atom is 0.0722 e. The van der Waals surface area contributed by atoms with Crippen molar-refractivity contribution in [1.82, 2.24) is 15.1 Å². The monoisotopic (exact) mass is 283 g/mol. The van der Waals surface area contributed by atoms with Gasteiger partial charge in [-0.3, -0.25) is 4.68 Å². The second kappa shape index (κ2) is 5.30. The molecule has 0 fully saturated rings. The predicted octanol–water partition coefficient (Wildman–Crippen LogP) is 3.82. The van der Waals surface area contributed by atoms with Crippen LogP contribution in [0.25, 0.3) is 0 Å². The largest absolute Gasteiger partial charge is 0.311 e. The molecular formula is C18H25N3. The fraction of sp³-hybridized carbons (Fsp3) is 0.500. The summed E-state index contributed by atoms with van der Waals surface area (Å²) in [5.74, 6) is 0.569. The van der Waals surface area contributed by atoms with Crippen LogP contribution in [0.2, 0.25) is 0 Å². The first-order valence-corrected chi connectivity index (χ1v) is 7.83. The Morgan fingerprint density at radius 1 is 1.14 bits per heavy atom. The lowest BCUT2D eigenvalue weighted by Crippen LogP contribution is -2.34. The van der Waals surface area contributed by atoms with Gasteiger partial charge in [-0.05, 0) is 56.8 Å². The topological polar surface area (TPSA) is 29.9 Å². The molecule has 3 atom stereocenters. The Balaban J connectivity index is 2.10. The standard InChI is InChI=1S/C18H25N3/c1-11-10-17(21-14(4)12(2)13(3)20-21)18(19-5)16-9-7-6-8-15(11)16/h6-9,11,17-19H,10H2,1-5H3. The van der Waals surface area contributed by atoms with Gasteiger partial charge in [0.1, 0.15) is 0 Å². The third-order valence-corrected chi connectivity index (χ3v) is 5.15. The number of rotatable bonds is 2. The van der Waals surface area contributed by atoms with Gasteiger partial charge in [-0.15, -0.1) is 0 Å². The van der Waals surface area contributed by atoms with Crippen molar-refractivity contribution in [3.05, 3.63) is 52.3 Å².